The predicted molar refractivity (Wildman–Crippen MR) is 146 cm³/mol. The number of benzene rings is 2. The van der Waals surface area contributed by atoms with E-state index >= 15 is 0 Å². The Morgan fingerprint density at radius 3 is 2.79 bits per heavy atom. The maximum Gasteiger partial charge on any atom is 0.223 e. The third kappa shape index (κ3) is 6.94. The monoisotopic (exact) mass is 577 g/mol. The van der Waals surface area contributed by atoms with E-state index in [0.29, 0.717) is 19.5 Å². The number of fused-ring (bicyclic) bond motifs is 1. The van der Waals surface area contributed by atoms with Crippen molar-refractivity contribution in [1.82, 2.24) is 20.5 Å². The third-order valence-corrected chi connectivity index (χ3v) is 6.08. The van der Waals surface area contributed by atoms with Gasteiger partial charge in [0, 0.05) is 62.2 Å². The maximum absolute atomic E-state index is 13.6. The van der Waals surface area contributed by atoms with Gasteiger partial charge in [0.2, 0.25) is 5.91 Å². The molecule has 0 saturated carbocycles. The van der Waals surface area contributed by atoms with Crippen LogP contribution in [0.5, 0.6) is 0 Å². The normalized spacial score (nSPS) is 16.1. The van der Waals surface area contributed by atoms with Crippen molar-refractivity contribution in [3.8, 4) is 0 Å². The van der Waals surface area contributed by atoms with Crippen LogP contribution in [0.4, 0.5) is 4.39 Å². The molecule has 8 heteroatoms. The molecule has 1 saturated heterocycles. The van der Waals surface area contributed by atoms with Crippen molar-refractivity contribution in [2.75, 3.05) is 32.7 Å². The minimum absolute atomic E-state index is 0. The molecule has 3 aromatic rings. The number of guanidine groups is 1. The number of carbonyl (C=O) groups is 1. The molecule has 182 valence electrons. The van der Waals surface area contributed by atoms with Gasteiger partial charge in [-0.1, -0.05) is 30.3 Å². The fourth-order valence-corrected chi connectivity index (χ4v) is 4.34. The van der Waals surface area contributed by atoms with Crippen molar-refractivity contribution in [3.63, 3.8) is 0 Å². The molecule has 0 aliphatic carbocycles. The van der Waals surface area contributed by atoms with Gasteiger partial charge in [-0.3, -0.25) is 9.79 Å². The lowest BCUT2D eigenvalue weighted by atomic mass is 10.1. The summed E-state index contributed by atoms with van der Waals surface area (Å²) in [5.41, 5.74) is 3.27. The van der Waals surface area contributed by atoms with Gasteiger partial charge in [0.1, 0.15) is 5.82 Å². The number of carbonyl (C=O) groups excluding carboxylic acids is 1. The number of nitrogens with one attached hydrogen (secondary N) is 3. The van der Waals surface area contributed by atoms with Crippen molar-refractivity contribution in [2.24, 2.45) is 10.9 Å². The first-order chi connectivity index (χ1) is 16.1. The Morgan fingerprint density at radius 1 is 1.18 bits per heavy atom. The van der Waals surface area contributed by atoms with Crippen LogP contribution in [0.25, 0.3) is 10.9 Å². The topological polar surface area (TPSA) is 72.5 Å². The van der Waals surface area contributed by atoms with Crippen LogP contribution >= 0.6 is 24.0 Å². The summed E-state index contributed by atoms with van der Waals surface area (Å²) in [6, 6.07) is 15.1. The second-order valence-corrected chi connectivity index (χ2v) is 8.55. The SMILES string of the molecule is CCNC(=NCC1CC(=O)N(CCc2ccccc2)C1)NCCc1c[nH]c2ccc(F)cc12.I. The van der Waals surface area contributed by atoms with Crippen molar-refractivity contribution >= 4 is 46.7 Å². The van der Waals surface area contributed by atoms with Crippen LogP contribution in [0.15, 0.2) is 59.7 Å². The Bertz CT molecular complexity index is 1100. The second kappa shape index (κ2) is 12.7. The highest BCUT2D eigenvalue weighted by atomic mass is 127. The van der Waals surface area contributed by atoms with Crippen LogP contribution in [-0.4, -0.2) is 54.5 Å². The smallest absolute Gasteiger partial charge is 0.223 e. The average molecular weight is 577 g/mol. The highest BCUT2D eigenvalue weighted by molar-refractivity contribution is 14.0. The van der Waals surface area contributed by atoms with Crippen molar-refractivity contribution in [2.45, 2.75) is 26.2 Å². The molecule has 6 nitrogen and oxygen atoms in total. The number of halogens is 2. The van der Waals surface area contributed by atoms with E-state index in [1.54, 1.807) is 12.1 Å². The molecule has 4 rings (SSSR count). The molecule has 2 heterocycles. The summed E-state index contributed by atoms with van der Waals surface area (Å²) in [6.45, 7) is 5.60. The number of hydrogen-bond acceptors (Lipinski definition) is 2. The van der Waals surface area contributed by atoms with Gasteiger partial charge in [-0.05, 0) is 49.1 Å². The molecule has 2 aromatic carbocycles. The number of H-pyrrole nitrogens is 1. The summed E-state index contributed by atoms with van der Waals surface area (Å²) in [7, 11) is 0. The van der Waals surface area contributed by atoms with E-state index < -0.39 is 0 Å². The molecule has 34 heavy (non-hydrogen) atoms. The van der Waals surface area contributed by atoms with E-state index in [2.05, 4.69) is 27.8 Å². The number of aliphatic imine (C=N–C) groups is 1. The van der Waals surface area contributed by atoms with E-state index in [9.17, 15) is 9.18 Å². The first kappa shape index (κ1) is 26.0. The zero-order chi connectivity index (χ0) is 23.0. The molecule has 1 aliphatic heterocycles. The average Bonchev–Trinajstić information content (AvgIpc) is 3.39. The number of aromatic nitrogens is 1. The molecule has 1 amide bonds. The van der Waals surface area contributed by atoms with Crippen LogP contribution in [0.2, 0.25) is 0 Å². The van der Waals surface area contributed by atoms with E-state index in [0.717, 1.165) is 54.9 Å². The first-order valence-electron chi connectivity index (χ1n) is 11.7. The van der Waals surface area contributed by atoms with Gasteiger partial charge >= 0.3 is 0 Å². The molecule has 1 atom stereocenters. The Labute approximate surface area is 217 Å². The van der Waals surface area contributed by atoms with Crippen LogP contribution < -0.4 is 10.6 Å². The van der Waals surface area contributed by atoms with E-state index in [1.165, 1.54) is 11.6 Å². The quantitative estimate of drug-likeness (QED) is 0.204. The van der Waals surface area contributed by atoms with Gasteiger partial charge < -0.3 is 20.5 Å². The minimum atomic E-state index is -0.227. The minimum Gasteiger partial charge on any atom is -0.361 e. The second-order valence-electron chi connectivity index (χ2n) is 8.55. The number of likely N-dealkylation sites (tertiary alicyclic amines) is 1. The molecular formula is C26H33FIN5O. The molecule has 1 aromatic heterocycles. The van der Waals surface area contributed by atoms with E-state index in [4.69, 9.17) is 4.99 Å². The van der Waals surface area contributed by atoms with Gasteiger partial charge in [-0.2, -0.15) is 0 Å². The van der Waals surface area contributed by atoms with E-state index in [1.807, 2.05) is 36.2 Å². The molecule has 3 N–H and O–H groups in total. The zero-order valence-corrected chi connectivity index (χ0v) is 21.8. The lowest BCUT2D eigenvalue weighted by molar-refractivity contribution is -0.127. The fraction of sp³-hybridized carbons (Fsp3) is 0.385. The Hall–Kier alpha value is -2.62. The Morgan fingerprint density at radius 2 is 2.00 bits per heavy atom. The molecule has 1 aliphatic rings. The molecule has 1 unspecified atom stereocenters. The van der Waals surface area contributed by atoms with Crippen LogP contribution in [0.1, 0.15) is 24.5 Å². The van der Waals surface area contributed by atoms with Crippen molar-refractivity contribution < 1.29 is 9.18 Å². The van der Waals surface area contributed by atoms with Crippen LogP contribution in [0.3, 0.4) is 0 Å². The molecule has 1 fully saturated rings. The van der Waals surface area contributed by atoms with Crippen LogP contribution in [0, 0.1) is 11.7 Å². The number of nitrogens with zero attached hydrogens (tertiary/aromatic N) is 2. The zero-order valence-electron chi connectivity index (χ0n) is 19.5. The standard InChI is InChI=1S/C26H32FN5O.HI/c1-2-28-26(29-12-10-21-17-30-24-9-8-22(27)15-23(21)24)31-16-20-14-25(33)32(18-20)13-11-19-6-4-3-5-7-19;/h3-9,15,17,20,30H,2,10-14,16,18H2,1H3,(H2,28,29,31);1H. The molecule has 0 bridgehead atoms. The number of amides is 1. The highest BCUT2D eigenvalue weighted by Gasteiger charge is 2.29. The van der Waals surface area contributed by atoms with Gasteiger partial charge in [-0.15, -0.1) is 24.0 Å². The maximum atomic E-state index is 13.6. The summed E-state index contributed by atoms with van der Waals surface area (Å²) in [6.07, 6.45) is 4.12. The lowest BCUT2D eigenvalue weighted by Crippen LogP contribution is -2.38. The summed E-state index contributed by atoms with van der Waals surface area (Å²) in [4.78, 5) is 22.3. The van der Waals surface area contributed by atoms with Gasteiger partial charge in [0.15, 0.2) is 5.96 Å². The molecule has 0 spiro atoms. The first-order valence-corrected chi connectivity index (χ1v) is 11.7. The predicted octanol–water partition coefficient (Wildman–Crippen LogP) is 4.11. The number of hydrogen-bond donors (Lipinski definition) is 3. The molecular weight excluding hydrogens is 544 g/mol. The summed E-state index contributed by atoms with van der Waals surface area (Å²) < 4.78 is 13.6. The number of rotatable bonds is 9. The number of aromatic amines is 1. The largest absolute Gasteiger partial charge is 0.361 e. The van der Waals surface area contributed by atoms with Gasteiger partial charge in [0.05, 0.1) is 0 Å². The van der Waals surface area contributed by atoms with Crippen molar-refractivity contribution in [3.05, 3.63) is 71.7 Å². The Kier molecular flexibility index (Phi) is 9.74. The summed E-state index contributed by atoms with van der Waals surface area (Å²) in [5, 5.41) is 7.55. The fourth-order valence-electron chi connectivity index (χ4n) is 4.34. The lowest BCUT2D eigenvalue weighted by Gasteiger charge is -2.16. The Balaban J connectivity index is 0.00000324. The highest BCUT2D eigenvalue weighted by Crippen LogP contribution is 2.20. The summed E-state index contributed by atoms with van der Waals surface area (Å²) >= 11 is 0. The third-order valence-electron chi connectivity index (χ3n) is 6.08. The van der Waals surface area contributed by atoms with Crippen LogP contribution in [-0.2, 0) is 17.6 Å². The van der Waals surface area contributed by atoms with E-state index in [-0.39, 0.29) is 41.6 Å². The van der Waals surface area contributed by atoms with Crippen molar-refractivity contribution in [1.29, 1.82) is 0 Å². The summed E-state index contributed by atoms with van der Waals surface area (Å²) in [5.74, 6) is 0.977. The van der Waals surface area contributed by atoms with Gasteiger partial charge in [-0.25, -0.2) is 4.39 Å². The molecule has 0 radical (unpaired) electrons. The van der Waals surface area contributed by atoms with Gasteiger partial charge in [0.25, 0.3) is 0 Å².